The Morgan fingerprint density at radius 1 is 1.43 bits per heavy atom. The van der Waals surface area contributed by atoms with E-state index in [2.05, 4.69) is 15.3 Å². The molecule has 112 valence electrons. The summed E-state index contributed by atoms with van der Waals surface area (Å²) in [5.41, 5.74) is 5.78. The van der Waals surface area contributed by atoms with E-state index in [9.17, 15) is 9.59 Å². The Hall–Kier alpha value is -2.26. The van der Waals surface area contributed by atoms with Gasteiger partial charge in [-0.1, -0.05) is 0 Å². The molecule has 0 aliphatic rings. The van der Waals surface area contributed by atoms with Crippen molar-refractivity contribution < 1.29 is 14.7 Å². The molecule has 4 N–H and O–H groups in total. The molecule has 21 heavy (non-hydrogen) atoms. The highest BCUT2D eigenvalue weighted by molar-refractivity contribution is 7.09. The first kappa shape index (κ1) is 15.1. The van der Waals surface area contributed by atoms with Crippen molar-refractivity contribution in [2.75, 3.05) is 13.1 Å². The fourth-order valence-corrected chi connectivity index (χ4v) is 2.43. The molecule has 0 atom stereocenters. The minimum Gasteiger partial charge on any atom is -0.476 e. The summed E-state index contributed by atoms with van der Waals surface area (Å²) in [6.45, 7) is 1.30. The molecule has 2 heterocycles. The Balaban J connectivity index is 1.81. The molecular formula is C12H15N5O3S. The zero-order chi connectivity index (χ0) is 15.2. The zero-order valence-corrected chi connectivity index (χ0v) is 12.0. The van der Waals surface area contributed by atoms with Crippen LogP contribution in [0, 0.1) is 0 Å². The van der Waals surface area contributed by atoms with E-state index in [0.717, 1.165) is 5.01 Å². The Bertz CT molecular complexity index is 636. The number of imidazole rings is 1. The van der Waals surface area contributed by atoms with Crippen LogP contribution in [0.4, 0.5) is 0 Å². The Morgan fingerprint density at radius 2 is 2.24 bits per heavy atom. The number of carboxylic acids is 1. The third-order valence-corrected chi connectivity index (χ3v) is 3.56. The van der Waals surface area contributed by atoms with Crippen molar-refractivity contribution in [2.24, 2.45) is 5.73 Å². The maximum Gasteiger partial charge on any atom is 0.356 e. The zero-order valence-electron chi connectivity index (χ0n) is 11.2. The monoisotopic (exact) mass is 309 g/mol. The van der Waals surface area contributed by atoms with E-state index in [1.165, 1.54) is 23.9 Å². The molecule has 2 aromatic rings. The lowest BCUT2D eigenvalue weighted by Crippen LogP contribution is -2.27. The van der Waals surface area contributed by atoms with Crippen LogP contribution in [0.15, 0.2) is 17.9 Å². The lowest BCUT2D eigenvalue weighted by atomic mass is 10.4. The van der Waals surface area contributed by atoms with Crippen molar-refractivity contribution in [3.05, 3.63) is 34.3 Å². The van der Waals surface area contributed by atoms with Crippen molar-refractivity contribution in [1.82, 2.24) is 19.9 Å². The summed E-state index contributed by atoms with van der Waals surface area (Å²) in [6, 6.07) is 0. The van der Waals surface area contributed by atoms with E-state index in [-0.39, 0.29) is 11.6 Å². The van der Waals surface area contributed by atoms with E-state index in [1.807, 2.05) is 0 Å². The fourth-order valence-electron chi connectivity index (χ4n) is 1.64. The highest BCUT2D eigenvalue weighted by Gasteiger charge is 2.10. The molecule has 0 aromatic carbocycles. The molecule has 0 aliphatic heterocycles. The number of aromatic carboxylic acids is 1. The van der Waals surface area contributed by atoms with E-state index < -0.39 is 5.97 Å². The Morgan fingerprint density at radius 3 is 2.90 bits per heavy atom. The van der Waals surface area contributed by atoms with E-state index in [0.29, 0.717) is 31.7 Å². The first-order valence-electron chi connectivity index (χ1n) is 6.28. The third kappa shape index (κ3) is 4.10. The quantitative estimate of drug-likeness (QED) is 0.660. The number of aromatic nitrogens is 3. The summed E-state index contributed by atoms with van der Waals surface area (Å²) >= 11 is 1.41. The minimum absolute atomic E-state index is 0.0211. The van der Waals surface area contributed by atoms with Crippen molar-refractivity contribution >= 4 is 23.2 Å². The summed E-state index contributed by atoms with van der Waals surface area (Å²) in [7, 11) is 0. The molecule has 0 aliphatic carbocycles. The predicted molar refractivity (Wildman–Crippen MR) is 76.4 cm³/mol. The minimum atomic E-state index is -1.08. The topological polar surface area (TPSA) is 123 Å². The van der Waals surface area contributed by atoms with Crippen LogP contribution in [0.2, 0.25) is 0 Å². The number of nitrogens with zero attached hydrogens (tertiary/aromatic N) is 3. The maximum atomic E-state index is 11.8. The van der Waals surface area contributed by atoms with Gasteiger partial charge in [-0.05, 0) is 6.54 Å². The van der Waals surface area contributed by atoms with Gasteiger partial charge in [0.15, 0.2) is 5.69 Å². The van der Waals surface area contributed by atoms with Crippen LogP contribution in [0.1, 0.15) is 26.0 Å². The summed E-state index contributed by atoms with van der Waals surface area (Å²) in [5, 5.41) is 14.0. The second kappa shape index (κ2) is 6.95. The average molecular weight is 309 g/mol. The first-order valence-corrected chi connectivity index (χ1v) is 7.16. The molecule has 1 amide bonds. The molecule has 0 radical (unpaired) electrons. The van der Waals surface area contributed by atoms with Gasteiger partial charge in [0.1, 0.15) is 5.69 Å². The van der Waals surface area contributed by atoms with Crippen LogP contribution < -0.4 is 11.1 Å². The molecule has 0 bridgehead atoms. The first-order chi connectivity index (χ1) is 10.1. The number of hydrogen-bond acceptors (Lipinski definition) is 6. The number of thiazole rings is 1. The number of amides is 1. The van der Waals surface area contributed by atoms with Gasteiger partial charge < -0.3 is 20.7 Å². The molecule has 0 spiro atoms. The molecular weight excluding hydrogens is 294 g/mol. The van der Waals surface area contributed by atoms with Crippen LogP contribution in [0.5, 0.6) is 0 Å². The summed E-state index contributed by atoms with van der Waals surface area (Å²) in [6.07, 6.45) is 3.49. The van der Waals surface area contributed by atoms with Crippen LogP contribution in [-0.2, 0) is 13.0 Å². The van der Waals surface area contributed by atoms with E-state index >= 15 is 0 Å². The maximum absolute atomic E-state index is 11.8. The average Bonchev–Trinajstić information content (AvgIpc) is 3.08. The predicted octanol–water partition coefficient (Wildman–Crippen LogP) is -0.0310. The van der Waals surface area contributed by atoms with Crippen molar-refractivity contribution in [2.45, 2.75) is 13.0 Å². The number of carboxylic acid groups (broad SMARTS) is 1. The Labute approximate surface area is 124 Å². The van der Waals surface area contributed by atoms with Crippen molar-refractivity contribution in [1.29, 1.82) is 0 Å². The summed E-state index contributed by atoms with van der Waals surface area (Å²) < 4.78 is 1.60. The lowest BCUT2D eigenvalue weighted by Gasteiger charge is -2.03. The van der Waals surface area contributed by atoms with Gasteiger partial charge in [0.05, 0.1) is 11.3 Å². The molecule has 2 aromatic heterocycles. The molecule has 0 saturated carbocycles. The van der Waals surface area contributed by atoms with Gasteiger partial charge in [-0.15, -0.1) is 11.3 Å². The van der Waals surface area contributed by atoms with E-state index in [4.69, 9.17) is 10.8 Å². The van der Waals surface area contributed by atoms with E-state index in [1.54, 1.807) is 9.95 Å². The van der Waals surface area contributed by atoms with Gasteiger partial charge >= 0.3 is 5.97 Å². The number of carbonyl (C=O) groups excluding carboxylic acids is 1. The third-order valence-electron chi connectivity index (χ3n) is 2.65. The lowest BCUT2D eigenvalue weighted by molar-refractivity contribution is 0.0690. The highest BCUT2D eigenvalue weighted by atomic mass is 32.1. The molecule has 0 unspecified atom stereocenters. The second-order valence-electron chi connectivity index (χ2n) is 4.22. The summed E-state index contributed by atoms with van der Waals surface area (Å²) in [5.74, 6) is -1.33. The largest absolute Gasteiger partial charge is 0.476 e. The molecule has 8 nitrogen and oxygen atoms in total. The molecule has 0 fully saturated rings. The van der Waals surface area contributed by atoms with Crippen LogP contribution in [0.3, 0.4) is 0 Å². The fraction of sp³-hybridized carbons (Fsp3) is 0.333. The van der Waals surface area contributed by atoms with Crippen molar-refractivity contribution in [3.63, 3.8) is 0 Å². The van der Waals surface area contributed by atoms with Gasteiger partial charge in [-0.25, -0.2) is 14.8 Å². The van der Waals surface area contributed by atoms with Gasteiger partial charge in [0.2, 0.25) is 0 Å². The SMILES string of the molecule is NCCc1nc(C(=O)NCCn2cnc(C(=O)O)c2)cs1. The number of carbonyl (C=O) groups is 2. The highest BCUT2D eigenvalue weighted by Crippen LogP contribution is 2.09. The van der Waals surface area contributed by atoms with Gasteiger partial charge in [0.25, 0.3) is 5.91 Å². The standard InChI is InChI=1S/C12H15N5O3S/c13-2-1-10-16-9(6-21-10)11(18)14-3-4-17-5-8(12(19)20)15-7-17/h5-7H,1-4,13H2,(H,14,18)(H,19,20). The summed E-state index contributed by atoms with van der Waals surface area (Å²) in [4.78, 5) is 30.4. The smallest absolute Gasteiger partial charge is 0.356 e. The Kier molecular flexibility index (Phi) is 5.01. The number of hydrogen-bond donors (Lipinski definition) is 3. The van der Waals surface area contributed by atoms with Gasteiger partial charge in [-0.2, -0.15) is 0 Å². The normalized spacial score (nSPS) is 10.5. The number of rotatable bonds is 7. The van der Waals surface area contributed by atoms with Gasteiger partial charge in [-0.3, -0.25) is 4.79 Å². The van der Waals surface area contributed by atoms with Crippen LogP contribution >= 0.6 is 11.3 Å². The van der Waals surface area contributed by atoms with Crippen molar-refractivity contribution in [3.8, 4) is 0 Å². The van der Waals surface area contributed by atoms with Gasteiger partial charge in [0, 0.05) is 31.1 Å². The number of nitrogens with one attached hydrogen (secondary N) is 1. The number of nitrogens with two attached hydrogens (primary N) is 1. The molecule has 2 rings (SSSR count). The second-order valence-corrected chi connectivity index (χ2v) is 5.17. The molecule has 9 heteroatoms. The van der Waals surface area contributed by atoms with Crippen LogP contribution in [0.25, 0.3) is 0 Å². The van der Waals surface area contributed by atoms with Crippen LogP contribution in [-0.4, -0.2) is 44.6 Å². The molecule has 0 saturated heterocycles.